The summed E-state index contributed by atoms with van der Waals surface area (Å²) in [7, 11) is 0. The summed E-state index contributed by atoms with van der Waals surface area (Å²) < 4.78 is 5.23. The Labute approximate surface area is 136 Å². The molecule has 22 heavy (non-hydrogen) atoms. The van der Waals surface area contributed by atoms with Gasteiger partial charge in [0.1, 0.15) is 0 Å². The first kappa shape index (κ1) is 17.6. The van der Waals surface area contributed by atoms with E-state index in [2.05, 4.69) is 13.5 Å². The van der Waals surface area contributed by atoms with Crippen LogP contribution >= 0.6 is 0 Å². The largest absolute Gasteiger partial charge is 0.462 e. The maximum atomic E-state index is 11.4. The van der Waals surface area contributed by atoms with Gasteiger partial charge in [-0.25, -0.2) is 4.79 Å². The van der Waals surface area contributed by atoms with Gasteiger partial charge in [-0.2, -0.15) is 0 Å². The first-order valence-electron chi connectivity index (χ1n) is 9.37. The van der Waals surface area contributed by atoms with Crippen LogP contribution in [0, 0.1) is 23.7 Å². The molecule has 126 valence electrons. The van der Waals surface area contributed by atoms with Gasteiger partial charge in [0.15, 0.2) is 0 Å². The predicted octanol–water partition coefficient (Wildman–Crippen LogP) is 5.52. The number of hydrogen-bond donors (Lipinski definition) is 0. The Morgan fingerprint density at radius 3 is 2.00 bits per heavy atom. The van der Waals surface area contributed by atoms with Gasteiger partial charge in [0.2, 0.25) is 0 Å². The van der Waals surface area contributed by atoms with Crippen LogP contribution < -0.4 is 0 Å². The third-order valence-electron chi connectivity index (χ3n) is 5.88. The average molecular weight is 306 g/mol. The highest BCUT2D eigenvalue weighted by molar-refractivity contribution is 5.86. The van der Waals surface area contributed by atoms with E-state index < -0.39 is 0 Å². The lowest BCUT2D eigenvalue weighted by atomic mass is 9.73. The molecule has 0 aromatic rings. The fraction of sp³-hybridized carbons (Fsp3) is 0.850. The Kier molecular flexibility index (Phi) is 6.98. The SMILES string of the molecule is C=C(C)C(=O)OCCC1CCC(CC2CCC(C)CC2)CC1. The molecule has 0 bridgehead atoms. The molecule has 0 radical (unpaired) electrons. The number of rotatable bonds is 6. The van der Waals surface area contributed by atoms with Crippen LogP contribution in [0.4, 0.5) is 0 Å². The van der Waals surface area contributed by atoms with Crippen molar-refractivity contribution < 1.29 is 9.53 Å². The molecule has 0 heterocycles. The standard InChI is InChI=1S/C20H34O2/c1-15(2)20(21)22-13-12-17-8-10-19(11-9-17)14-18-6-4-16(3)5-7-18/h16-19H,1,4-14H2,2-3H3. The van der Waals surface area contributed by atoms with Crippen molar-refractivity contribution in [2.45, 2.75) is 78.1 Å². The lowest BCUT2D eigenvalue weighted by Gasteiger charge is -2.33. The number of esters is 1. The highest BCUT2D eigenvalue weighted by atomic mass is 16.5. The van der Waals surface area contributed by atoms with E-state index in [1.54, 1.807) is 6.92 Å². The van der Waals surface area contributed by atoms with Crippen molar-refractivity contribution in [3.05, 3.63) is 12.2 Å². The Hall–Kier alpha value is -0.790. The molecule has 0 aliphatic heterocycles. The van der Waals surface area contributed by atoms with E-state index in [0.717, 1.165) is 30.1 Å². The number of ether oxygens (including phenoxy) is 1. The second-order valence-electron chi connectivity index (χ2n) is 7.95. The first-order valence-corrected chi connectivity index (χ1v) is 9.37. The summed E-state index contributed by atoms with van der Waals surface area (Å²) >= 11 is 0. The molecule has 2 nitrogen and oxygen atoms in total. The van der Waals surface area contributed by atoms with Crippen molar-refractivity contribution in [1.82, 2.24) is 0 Å². The average Bonchev–Trinajstić information content (AvgIpc) is 2.51. The normalized spacial score (nSPS) is 32.5. The fourth-order valence-electron chi connectivity index (χ4n) is 4.23. The Balaban J connectivity index is 1.57. The molecule has 2 fully saturated rings. The minimum absolute atomic E-state index is 0.236. The molecule has 0 atom stereocenters. The highest BCUT2D eigenvalue weighted by Gasteiger charge is 2.26. The van der Waals surface area contributed by atoms with Crippen molar-refractivity contribution in [3.63, 3.8) is 0 Å². The zero-order chi connectivity index (χ0) is 15.9. The molecule has 0 saturated heterocycles. The van der Waals surface area contributed by atoms with E-state index >= 15 is 0 Å². The lowest BCUT2D eigenvalue weighted by molar-refractivity contribution is -0.139. The van der Waals surface area contributed by atoms with Crippen LogP contribution in [0.1, 0.15) is 78.1 Å². The van der Waals surface area contributed by atoms with Crippen molar-refractivity contribution >= 4 is 5.97 Å². The van der Waals surface area contributed by atoms with E-state index in [0.29, 0.717) is 12.2 Å². The summed E-state index contributed by atoms with van der Waals surface area (Å²) in [5.74, 6) is 3.47. The Morgan fingerprint density at radius 1 is 0.955 bits per heavy atom. The van der Waals surface area contributed by atoms with Crippen LogP contribution in [0.2, 0.25) is 0 Å². The van der Waals surface area contributed by atoms with Gasteiger partial charge < -0.3 is 4.74 Å². The summed E-state index contributed by atoms with van der Waals surface area (Å²) in [6, 6.07) is 0. The summed E-state index contributed by atoms with van der Waals surface area (Å²) in [6.07, 6.45) is 13.8. The van der Waals surface area contributed by atoms with Gasteiger partial charge in [0.05, 0.1) is 6.61 Å². The first-order chi connectivity index (χ1) is 10.5. The van der Waals surface area contributed by atoms with Gasteiger partial charge in [0, 0.05) is 5.57 Å². The van der Waals surface area contributed by atoms with Crippen molar-refractivity contribution in [3.8, 4) is 0 Å². The molecule has 2 aliphatic carbocycles. The summed E-state index contributed by atoms with van der Waals surface area (Å²) in [6.45, 7) is 8.30. The smallest absolute Gasteiger partial charge is 0.333 e. The van der Waals surface area contributed by atoms with Gasteiger partial charge in [-0.3, -0.25) is 0 Å². The number of hydrogen-bond acceptors (Lipinski definition) is 2. The van der Waals surface area contributed by atoms with Crippen LogP contribution in [0.25, 0.3) is 0 Å². The summed E-state index contributed by atoms with van der Waals surface area (Å²) in [4.78, 5) is 11.4. The monoisotopic (exact) mass is 306 g/mol. The van der Waals surface area contributed by atoms with Crippen molar-refractivity contribution in [2.24, 2.45) is 23.7 Å². The molecule has 2 saturated carbocycles. The second kappa shape index (κ2) is 8.74. The van der Waals surface area contributed by atoms with Gasteiger partial charge in [-0.15, -0.1) is 0 Å². The predicted molar refractivity (Wildman–Crippen MR) is 91.6 cm³/mol. The van der Waals surface area contributed by atoms with Crippen molar-refractivity contribution in [2.75, 3.05) is 6.61 Å². The maximum absolute atomic E-state index is 11.4. The molecular formula is C20H34O2. The number of carbonyl (C=O) groups excluding carboxylic acids is 1. The van der Waals surface area contributed by atoms with Gasteiger partial charge in [0.25, 0.3) is 0 Å². The van der Waals surface area contributed by atoms with Gasteiger partial charge in [-0.1, -0.05) is 64.9 Å². The van der Waals surface area contributed by atoms with Crippen LogP contribution in [-0.4, -0.2) is 12.6 Å². The van der Waals surface area contributed by atoms with Crippen molar-refractivity contribution in [1.29, 1.82) is 0 Å². The van der Waals surface area contributed by atoms with Crippen LogP contribution in [0.5, 0.6) is 0 Å². The Bertz CT molecular complexity index is 358. The van der Waals surface area contributed by atoms with E-state index in [4.69, 9.17) is 4.74 Å². The van der Waals surface area contributed by atoms with Crippen LogP contribution in [0.3, 0.4) is 0 Å². The molecule has 2 rings (SSSR count). The topological polar surface area (TPSA) is 26.3 Å². The van der Waals surface area contributed by atoms with E-state index in [1.165, 1.54) is 57.8 Å². The fourth-order valence-corrected chi connectivity index (χ4v) is 4.23. The second-order valence-corrected chi connectivity index (χ2v) is 7.95. The summed E-state index contributed by atoms with van der Waals surface area (Å²) in [5.41, 5.74) is 0.505. The van der Waals surface area contributed by atoms with Crippen LogP contribution in [-0.2, 0) is 9.53 Å². The third kappa shape index (κ3) is 5.78. The van der Waals surface area contributed by atoms with Crippen LogP contribution in [0.15, 0.2) is 12.2 Å². The molecule has 0 unspecified atom stereocenters. The van der Waals surface area contributed by atoms with Gasteiger partial charge >= 0.3 is 5.97 Å². The molecule has 0 aromatic carbocycles. The van der Waals surface area contributed by atoms with E-state index in [-0.39, 0.29) is 5.97 Å². The zero-order valence-corrected chi connectivity index (χ0v) is 14.6. The van der Waals surface area contributed by atoms with E-state index in [9.17, 15) is 4.79 Å². The minimum Gasteiger partial charge on any atom is -0.462 e. The molecular weight excluding hydrogens is 272 g/mol. The van der Waals surface area contributed by atoms with E-state index in [1.807, 2.05) is 0 Å². The maximum Gasteiger partial charge on any atom is 0.333 e. The molecule has 0 N–H and O–H groups in total. The van der Waals surface area contributed by atoms with Gasteiger partial charge in [-0.05, 0) is 43.4 Å². The molecule has 0 spiro atoms. The number of carbonyl (C=O) groups is 1. The molecule has 0 aromatic heterocycles. The minimum atomic E-state index is -0.236. The quantitative estimate of drug-likeness (QED) is 0.477. The molecule has 2 aliphatic rings. The molecule has 2 heteroatoms. The molecule has 0 amide bonds. The highest BCUT2D eigenvalue weighted by Crippen LogP contribution is 2.38. The third-order valence-corrected chi connectivity index (χ3v) is 5.88. The lowest BCUT2D eigenvalue weighted by Crippen LogP contribution is -2.21. The Morgan fingerprint density at radius 2 is 1.45 bits per heavy atom. The zero-order valence-electron chi connectivity index (χ0n) is 14.6. The summed E-state index contributed by atoms with van der Waals surface area (Å²) in [5, 5.41) is 0.